The van der Waals surface area contributed by atoms with E-state index in [1.165, 1.54) is 0 Å². The van der Waals surface area contributed by atoms with Gasteiger partial charge in [0.2, 0.25) is 11.8 Å². The van der Waals surface area contributed by atoms with Crippen molar-refractivity contribution in [2.24, 2.45) is 5.92 Å². The average molecular weight is 341 g/mol. The van der Waals surface area contributed by atoms with Gasteiger partial charge in [0.25, 0.3) is 0 Å². The van der Waals surface area contributed by atoms with E-state index in [-0.39, 0.29) is 31.1 Å². The summed E-state index contributed by atoms with van der Waals surface area (Å²) < 4.78 is 5.24. The maximum Gasteiger partial charge on any atom is 0.329 e. The molecule has 0 unspecified atom stereocenters. The van der Waals surface area contributed by atoms with Gasteiger partial charge in [-0.15, -0.1) is 0 Å². The van der Waals surface area contributed by atoms with Crippen molar-refractivity contribution in [2.45, 2.75) is 38.2 Å². The number of ether oxygens (including phenoxy) is 1. The number of amides is 2. The van der Waals surface area contributed by atoms with Crippen molar-refractivity contribution in [3.63, 3.8) is 0 Å². The van der Waals surface area contributed by atoms with Gasteiger partial charge in [0.15, 0.2) is 0 Å². The lowest BCUT2D eigenvalue weighted by molar-refractivity contribution is -0.146. The fraction of sp³-hybridized carbons (Fsp3) is 0.812. The van der Waals surface area contributed by atoms with E-state index >= 15 is 0 Å². The highest BCUT2D eigenvalue weighted by Gasteiger charge is 2.24. The Morgan fingerprint density at radius 3 is 2.42 bits per heavy atom. The number of carbonyl (C=O) groups excluding carboxylic acids is 2. The Bertz CT molecular complexity index is 443. The molecule has 136 valence electrons. The molecule has 0 bridgehead atoms. The summed E-state index contributed by atoms with van der Waals surface area (Å²) in [7, 11) is 0. The number of likely N-dealkylation sites (tertiary alicyclic amines) is 1. The minimum atomic E-state index is -0.982. The van der Waals surface area contributed by atoms with Gasteiger partial charge in [-0.3, -0.25) is 9.59 Å². The number of hydrogen-bond acceptors (Lipinski definition) is 5. The largest absolute Gasteiger partial charge is 0.480 e. The second-order valence-electron chi connectivity index (χ2n) is 6.46. The summed E-state index contributed by atoms with van der Waals surface area (Å²) in [6, 6.07) is 0. The van der Waals surface area contributed by atoms with Crippen LogP contribution in [0, 0.1) is 5.92 Å². The van der Waals surface area contributed by atoms with Crippen LogP contribution in [-0.2, 0) is 19.1 Å². The van der Waals surface area contributed by atoms with Gasteiger partial charge in [-0.25, -0.2) is 4.79 Å². The van der Waals surface area contributed by atoms with Gasteiger partial charge in [0.05, 0.1) is 12.6 Å². The monoisotopic (exact) mass is 341 g/mol. The van der Waals surface area contributed by atoms with E-state index in [1.54, 1.807) is 4.90 Å². The first-order valence-corrected chi connectivity index (χ1v) is 8.63. The predicted octanol–water partition coefficient (Wildman–Crippen LogP) is -0.415. The molecule has 3 N–H and O–H groups in total. The van der Waals surface area contributed by atoms with Crippen LogP contribution >= 0.6 is 0 Å². The number of carboxylic acid groups (broad SMARTS) is 1. The van der Waals surface area contributed by atoms with Gasteiger partial charge >= 0.3 is 5.97 Å². The minimum Gasteiger partial charge on any atom is -0.480 e. The Labute approximate surface area is 141 Å². The number of nitrogens with one attached hydrogen (secondary N) is 2. The molecule has 2 aliphatic rings. The van der Waals surface area contributed by atoms with E-state index in [9.17, 15) is 14.4 Å². The second-order valence-corrected chi connectivity index (χ2v) is 6.46. The first-order valence-electron chi connectivity index (χ1n) is 8.63. The van der Waals surface area contributed by atoms with Gasteiger partial charge in [-0.05, 0) is 44.7 Å². The van der Waals surface area contributed by atoms with Crippen molar-refractivity contribution in [1.82, 2.24) is 15.5 Å². The highest BCUT2D eigenvalue weighted by atomic mass is 16.5. The molecule has 0 aromatic heterocycles. The third-order valence-corrected chi connectivity index (χ3v) is 4.61. The molecule has 24 heavy (non-hydrogen) atoms. The third kappa shape index (κ3) is 6.45. The Morgan fingerprint density at radius 2 is 1.79 bits per heavy atom. The number of hydrogen-bond donors (Lipinski definition) is 3. The van der Waals surface area contributed by atoms with Crippen molar-refractivity contribution in [3.8, 4) is 0 Å². The van der Waals surface area contributed by atoms with Gasteiger partial charge in [-0.2, -0.15) is 0 Å². The van der Waals surface area contributed by atoms with Gasteiger partial charge in [-0.1, -0.05) is 0 Å². The van der Waals surface area contributed by atoms with Gasteiger partial charge in [0, 0.05) is 19.5 Å². The minimum absolute atomic E-state index is 0.0322. The standard InChI is InChI=1S/C16H27N3O5/c20-14(9-12-1-5-17-6-2-12)18-10-15(21)19-7-3-13(4-8-19)24-11-16(22)23/h12-13,17H,1-11H2,(H,18,20)(H,22,23). The van der Waals surface area contributed by atoms with E-state index in [4.69, 9.17) is 9.84 Å². The summed E-state index contributed by atoms with van der Waals surface area (Å²) in [4.78, 5) is 36.2. The summed E-state index contributed by atoms with van der Waals surface area (Å²) >= 11 is 0. The Hall–Kier alpha value is -1.67. The van der Waals surface area contributed by atoms with Gasteiger partial charge in [0.1, 0.15) is 6.61 Å². The molecule has 2 saturated heterocycles. The summed E-state index contributed by atoms with van der Waals surface area (Å²) in [5.41, 5.74) is 0. The zero-order chi connectivity index (χ0) is 17.4. The van der Waals surface area contributed by atoms with E-state index < -0.39 is 5.97 Å². The summed E-state index contributed by atoms with van der Waals surface area (Å²) in [6.45, 7) is 2.71. The SMILES string of the molecule is O=C(O)COC1CCN(C(=O)CNC(=O)CC2CCNCC2)CC1. The lowest BCUT2D eigenvalue weighted by atomic mass is 9.94. The fourth-order valence-corrected chi connectivity index (χ4v) is 3.17. The molecule has 0 radical (unpaired) electrons. The number of carbonyl (C=O) groups is 3. The molecule has 2 fully saturated rings. The molecule has 0 aromatic carbocycles. The van der Waals surface area contributed by atoms with E-state index in [2.05, 4.69) is 10.6 Å². The van der Waals surface area contributed by atoms with Crippen LogP contribution in [0.15, 0.2) is 0 Å². The Balaban J connectivity index is 1.60. The smallest absolute Gasteiger partial charge is 0.329 e. The zero-order valence-electron chi connectivity index (χ0n) is 14.0. The van der Waals surface area contributed by atoms with Gasteiger partial charge < -0.3 is 25.4 Å². The molecule has 0 aromatic rings. The lowest BCUT2D eigenvalue weighted by Crippen LogP contribution is -2.46. The number of carboxylic acids is 1. The van der Waals surface area contributed by atoms with Crippen LogP contribution in [0.1, 0.15) is 32.1 Å². The Kier molecular flexibility index (Phi) is 7.45. The summed E-state index contributed by atoms with van der Waals surface area (Å²) in [5, 5.41) is 14.6. The first kappa shape index (κ1) is 18.7. The van der Waals surface area contributed by atoms with Crippen molar-refractivity contribution < 1.29 is 24.2 Å². The van der Waals surface area contributed by atoms with Crippen molar-refractivity contribution in [3.05, 3.63) is 0 Å². The summed E-state index contributed by atoms with van der Waals surface area (Å²) in [6.07, 6.45) is 3.64. The molecule has 8 heteroatoms. The molecule has 8 nitrogen and oxygen atoms in total. The fourth-order valence-electron chi connectivity index (χ4n) is 3.17. The molecule has 0 atom stereocenters. The van der Waals surface area contributed by atoms with Crippen LogP contribution < -0.4 is 10.6 Å². The van der Waals surface area contributed by atoms with Crippen LogP contribution in [0.5, 0.6) is 0 Å². The molecular formula is C16H27N3O5. The maximum atomic E-state index is 12.1. The predicted molar refractivity (Wildman–Crippen MR) is 86.4 cm³/mol. The quantitative estimate of drug-likeness (QED) is 0.581. The summed E-state index contributed by atoms with van der Waals surface area (Å²) in [5.74, 6) is -0.728. The normalized spacial score (nSPS) is 19.9. The maximum absolute atomic E-state index is 12.1. The highest BCUT2D eigenvalue weighted by Crippen LogP contribution is 2.16. The van der Waals surface area contributed by atoms with Crippen LogP contribution in [0.4, 0.5) is 0 Å². The van der Waals surface area contributed by atoms with E-state index in [0.717, 1.165) is 25.9 Å². The highest BCUT2D eigenvalue weighted by molar-refractivity contribution is 5.84. The van der Waals surface area contributed by atoms with Crippen LogP contribution in [0.2, 0.25) is 0 Å². The zero-order valence-corrected chi connectivity index (χ0v) is 14.0. The second kappa shape index (κ2) is 9.58. The van der Waals surface area contributed by atoms with E-state index in [0.29, 0.717) is 38.3 Å². The molecule has 2 rings (SSSR count). The first-order chi connectivity index (χ1) is 11.5. The van der Waals surface area contributed by atoms with Crippen molar-refractivity contribution in [1.29, 1.82) is 0 Å². The number of nitrogens with zero attached hydrogens (tertiary/aromatic N) is 1. The molecule has 0 aliphatic carbocycles. The van der Waals surface area contributed by atoms with E-state index in [1.807, 2.05) is 0 Å². The average Bonchev–Trinajstić information content (AvgIpc) is 2.59. The van der Waals surface area contributed by atoms with Crippen molar-refractivity contribution >= 4 is 17.8 Å². The third-order valence-electron chi connectivity index (χ3n) is 4.61. The molecule has 2 amide bonds. The molecule has 0 saturated carbocycles. The van der Waals surface area contributed by atoms with Crippen LogP contribution in [-0.4, -0.2) is 73.2 Å². The topological polar surface area (TPSA) is 108 Å². The number of rotatable bonds is 7. The molecule has 0 spiro atoms. The van der Waals surface area contributed by atoms with Crippen molar-refractivity contribution in [2.75, 3.05) is 39.3 Å². The van der Waals surface area contributed by atoms with Crippen LogP contribution in [0.3, 0.4) is 0 Å². The lowest BCUT2D eigenvalue weighted by Gasteiger charge is -2.31. The number of aliphatic carboxylic acids is 1. The van der Waals surface area contributed by atoms with Crippen LogP contribution in [0.25, 0.3) is 0 Å². The molecular weight excluding hydrogens is 314 g/mol. The molecule has 2 aliphatic heterocycles. The Morgan fingerprint density at radius 1 is 1.12 bits per heavy atom. The number of piperidine rings is 2. The molecule has 2 heterocycles.